The van der Waals surface area contributed by atoms with Crippen molar-refractivity contribution in [1.29, 1.82) is 0 Å². The maximum atomic E-state index is 12.2. The van der Waals surface area contributed by atoms with E-state index in [1.54, 1.807) is 0 Å². The molecule has 4 nitrogen and oxygen atoms in total. The first-order chi connectivity index (χ1) is 9.37. The quantitative estimate of drug-likeness (QED) is 0.718. The summed E-state index contributed by atoms with van der Waals surface area (Å²) in [6.07, 6.45) is 6.41. The molecular formula is C16H29NO3. The summed E-state index contributed by atoms with van der Waals surface area (Å²) in [5, 5.41) is 12.1. The van der Waals surface area contributed by atoms with Gasteiger partial charge in [-0.15, -0.1) is 0 Å². The van der Waals surface area contributed by atoms with E-state index in [1.165, 1.54) is 0 Å². The molecule has 0 spiro atoms. The van der Waals surface area contributed by atoms with Crippen LogP contribution in [0.2, 0.25) is 0 Å². The molecule has 1 fully saturated rings. The van der Waals surface area contributed by atoms with Gasteiger partial charge in [0.05, 0.1) is 6.42 Å². The highest BCUT2D eigenvalue weighted by Gasteiger charge is 2.38. The van der Waals surface area contributed by atoms with E-state index in [0.717, 1.165) is 38.5 Å². The SMILES string of the molecule is CCC(C)CC(C)NC(=O)CC1(CC(=O)O)CCCC1. The Balaban J connectivity index is 2.48. The molecule has 0 aliphatic heterocycles. The van der Waals surface area contributed by atoms with Crippen LogP contribution < -0.4 is 5.32 Å². The first-order valence-electron chi connectivity index (χ1n) is 7.88. The Kier molecular flexibility index (Phi) is 6.50. The average Bonchev–Trinajstić information content (AvgIpc) is 2.75. The molecule has 2 atom stereocenters. The van der Waals surface area contributed by atoms with Crippen LogP contribution in [-0.4, -0.2) is 23.0 Å². The predicted octanol–water partition coefficient (Wildman–Crippen LogP) is 3.35. The lowest BCUT2D eigenvalue weighted by atomic mass is 9.79. The highest BCUT2D eigenvalue weighted by Crippen LogP contribution is 2.44. The Morgan fingerprint density at radius 3 is 2.30 bits per heavy atom. The van der Waals surface area contributed by atoms with Gasteiger partial charge in [-0.1, -0.05) is 33.1 Å². The maximum absolute atomic E-state index is 12.2. The smallest absolute Gasteiger partial charge is 0.303 e. The molecule has 0 radical (unpaired) electrons. The van der Waals surface area contributed by atoms with E-state index in [0.29, 0.717) is 12.3 Å². The summed E-state index contributed by atoms with van der Waals surface area (Å²) in [5.41, 5.74) is -0.300. The molecule has 2 N–H and O–H groups in total. The fourth-order valence-corrected chi connectivity index (χ4v) is 3.36. The highest BCUT2D eigenvalue weighted by atomic mass is 16.4. The number of rotatable bonds is 8. The van der Waals surface area contributed by atoms with E-state index in [9.17, 15) is 9.59 Å². The molecule has 4 heteroatoms. The molecule has 0 bridgehead atoms. The van der Waals surface area contributed by atoms with E-state index in [4.69, 9.17) is 5.11 Å². The molecule has 0 aromatic rings. The third-order valence-electron chi connectivity index (χ3n) is 4.59. The molecule has 1 amide bonds. The monoisotopic (exact) mass is 283 g/mol. The van der Waals surface area contributed by atoms with Crippen LogP contribution in [0.1, 0.15) is 72.1 Å². The topological polar surface area (TPSA) is 66.4 Å². The molecular weight excluding hydrogens is 254 g/mol. The summed E-state index contributed by atoms with van der Waals surface area (Å²) in [6, 6.07) is 0.167. The van der Waals surface area contributed by atoms with Gasteiger partial charge in [0.2, 0.25) is 5.91 Å². The summed E-state index contributed by atoms with van der Waals surface area (Å²) in [6.45, 7) is 6.37. The lowest BCUT2D eigenvalue weighted by molar-refractivity contribution is -0.140. The van der Waals surface area contributed by atoms with Crippen LogP contribution in [0.15, 0.2) is 0 Å². The third kappa shape index (κ3) is 5.51. The van der Waals surface area contributed by atoms with Gasteiger partial charge in [0.1, 0.15) is 0 Å². The molecule has 0 heterocycles. The average molecular weight is 283 g/mol. The Labute approximate surface area is 122 Å². The second-order valence-electron chi connectivity index (χ2n) is 6.67. The zero-order valence-electron chi connectivity index (χ0n) is 13.1. The van der Waals surface area contributed by atoms with Gasteiger partial charge in [0.15, 0.2) is 0 Å². The zero-order chi connectivity index (χ0) is 15.2. The van der Waals surface area contributed by atoms with Gasteiger partial charge in [-0.3, -0.25) is 9.59 Å². The van der Waals surface area contributed by atoms with Gasteiger partial charge in [-0.25, -0.2) is 0 Å². The van der Waals surface area contributed by atoms with Crippen LogP contribution in [0.5, 0.6) is 0 Å². The fourth-order valence-electron chi connectivity index (χ4n) is 3.36. The molecule has 116 valence electrons. The standard InChI is InChI=1S/C16H29NO3/c1-4-12(2)9-13(3)17-14(18)10-16(11-15(19)20)7-5-6-8-16/h12-13H,4-11H2,1-3H3,(H,17,18)(H,19,20). The van der Waals surface area contributed by atoms with Gasteiger partial charge >= 0.3 is 5.97 Å². The van der Waals surface area contributed by atoms with Crippen LogP contribution in [0, 0.1) is 11.3 Å². The lowest BCUT2D eigenvalue weighted by Crippen LogP contribution is -2.37. The van der Waals surface area contributed by atoms with Crippen LogP contribution in [-0.2, 0) is 9.59 Å². The summed E-state index contributed by atoms with van der Waals surface area (Å²) in [5.74, 6) is -0.166. The zero-order valence-corrected chi connectivity index (χ0v) is 13.1. The van der Waals surface area contributed by atoms with Crippen LogP contribution >= 0.6 is 0 Å². The van der Waals surface area contributed by atoms with Crippen molar-refractivity contribution in [2.45, 2.75) is 78.2 Å². The first-order valence-corrected chi connectivity index (χ1v) is 7.88. The molecule has 0 aromatic heterocycles. The molecule has 1 aliphatic rings. The van der Waals surface area contributed by atoms with Crippen molar-refractivity contribution in [3.63, 3.8) is 0 Å². The van der Waals surface area contributed by atoms with E-state index in [2.05, 4.69) is 19.2 Å². The summed E-state index contributed by atoms with van der Waals surface area (Å²) in [4.78, 5) is 23.2. The van der Waals surface area contributed by atoms with Crippen LogP contribution in [0.4, 0.5) is 0 Å². The highest BCUT2D eigenvalue weighted by molar-refractivity contribution is 5.78. The molecule has 1 aliphatic carbocycles. The van der Waals surface area contributed by atoms with E-state index < -0.39 is 5.97 Å². The van der Waals surface area contributed by atoms with Crippen molar-refractivity contribution in [2.75, 3.05) is 0 Å². The van der Waals surface area contributed by atoms with Crippen molar-refractivity contribution in [3.8, 4) is 0 Å². The van der Waals surface area contributed by atoms with Gasteiger partial charge in [-0.05, 0) is 37.5 Å². The van der Waals surface area contributed by atoms with Gasteiger partial charge in [-0.2, -0.15) is 0 Å². The second kappa shape index (κ2) is 7.65. The minimum atomic E-state index is -0.785. The number of hydrogen-bond acceptors (Lipinski definition) is 2. The molecule has 0 aromatic carbocycles. The minimum Gasteiger partial charge on any atom is -0.481 e. The number of carboxylic acid groups (broad SMARTS) is 1. The second-order valence-corrected chi connectivity index (χ2v) is 6.67. The minimum absolute atomic E-state index is 0.0175. The van der Waals surface area contributed by atoms with E-state index in [1.807, 2.05) is 6.92 Å². The number of aliphatic carboxylic acids is 1. The molecule has 0 saturated heterocycles. The van der Waals surface area contributed by atoms with Crippen LogP contribution in [0.25, 0.3) is 0 Å². The fraction of sp³-hybridized carbons (Fsp3) is 0.875. The first kappa shape index (κ1) is 17.0. The number of amides is 1. The number of carboxylic acids is 1. The molecule has 20 heavy (non-hydrogen) atoms. The van der Waals surface area contributed by atoms with Gasteiger partial charge < -0.3 is 10.4 Å². The molecule has 1 rings (SSSR count). The van der Waals surface area contributed by atoms with Crippen LogP contribution in [0.3, 0.4) is 0 Å². The van der Waals surface area contributed by atoms with E-state index >= 15 is 0 Å². The Morgan fingerprint density at radius 1 is 1.20 bits per heavy atom. The van der Waals surface area contributed by atoms with E-state index in [-0.39, 0.29) is 23.8 Å². The summed E-state index contributed by atoms with van der Waals surface area (Å²) >= 11 is 0. The predicted molar refractivity (Wildman–Crippen MR) is 79.4 cm³/mol. The number of hydrogen-bond donors (Lipinski definition) is 2. The van der Waals surface area contributed by atoms with Crippen molar-refractivity contribution in [2.24, 2.45) is 11.3 Å². The lowest BCUT2D eigenvalue weighted by Gasteiger charge is -2.27. The van der Waals surface area contributed by atoms with Crippen molar-refractivity contribution in [3.05, 3.63) is 0 Å². The largest absolute Gasteiger partial charge is 0.481 e. The van der Waals surface area contributed by atoms with Crippen molar-refractivity contribution < 1.29 is 14.7 Å². The summed E-state index contributed by atoms with van der Waals surface area (Å²) < 4.78 is 0. The number of carbonyl (C=O) groups is 2. The van der Waals surface area contributed by atoms with Crippen molar-refractivity contribution in [1.82, 2.24) is 5.32 Å². The maximum Gasteiger partial charge on any atom is 0.303 e. The Hall–Kier alpha value is -1.06. The molecule has 1 saturated carbocycles. The Morgan fingerprint density at radius 2 is 1.80 bits per heavy atom. The molecule has 2 unspecified atom stereocenters. The third-order valence-corrected chi connectivity index (χ3v) is 4.59. The summed E-state index contributed by atoms with van der Waals surface area (Å²) in [7, 11) is 0. The normalized spacial score (nSPS) is 20.4. The number of carbonyl (C=O) groups excluding carboxylic acids is 1. The van der Waals surface area contributed by atoms with Crippen molar-refractivity contribution >= 4 is 11.9 Å². The van der Waals surface area contributed by atoms with Gasteiger partial charge in [0.25, 0.3) is 0 Å². The number of nitrogens with one attached hydrogen (secondary N) is 1. The Bertz CT molecular complexity index is 335. The van der Waals surface area contributed by atoms with Gasteiger partial charge in [0, 0.05) is 12.5 Å².